The van der Waals surface area contributed by atoms with Gasteiger partial charge in [0.1, 0.15) is 5.78 Å². The van der Waals surface area contributed by atoms with Gasteiger partial charge in [0.15, 0.2) is 0 Å². The second-order valence-corrected chi connectivity index (χ2v) is 3.79. The van der Waals surface area contributed by atoms with Gasteiger partial charge in [-0.05, 0) is 12.8 Å². The van der Waals surface area contributed by atoms with Crippen molar-refractivity contribution in [3.05, 3.63) is 0 Å². The molecule has 0 aromatic carbocycles. The predicted molar refractivity (Wildman–Crippen MR) is 45.2 cm³/mol. The van der Waals surface area contributed by atoms with Gasteiger partial charge in [-0.1, -0.05) is 6.92 Å². The number of Topliss-reactive ketones (excluding diaryl/α,β-unsaturated/α-hetero) is 1. The van der Waals surface area contributed by atoms with Gasteiger partial charge in [-0.3, -0.25) is 9.59 Å². The molecule has 1 aliphatic carbocycles. The maximum absolute atomic E-state index is 11.4. The van der Waals surface area contributed by atoms with Crippen LogP contribution in [0.3, 0.4) is 0 Å². The number of aliphatic hydroxyl groups excluding tert-OH is 1. The van der Waals surface area contributed by atoms with E-state index in [0.717, 1.165) is 0 Å². The third kappa shape index (κ3) is 1.88. The van der Waals surface area contributed by atoms with Gasteiger partial charge in [0.05, 0.1) is 11.5 Å². The van der Waals surface area contributed by atoms with E-state index in [9.17, 15) is 14.7 Å². The van der Waals surface area contributed by atoms with Crippen LogP contribution >= 0.6 is 0 Å². The van der Waals surface area contributed by atoms with E-state index in [0.29, 0.717) is 12.8 Å². The first-order chi connectivity index (χ1) is 5.97. The molecule has 2 N–H and O–H groups in total. The highest BCUT2D eigenvalue weighted by molar-refractivity contribution is 5.87. The molecule has 1 fully saturated rings. The molecule has 1 rings (SSSR count). The largest absolute Gasteiger partial charge is 0.481 e. The second kappa shape index (κ2) is 3.46. The molecule has 1 aliphatic rings. The van der Waals surface area contributed by atoms with E-state index in [1.54, 1.807) is 6.92 Å². The molecule has 0 aromatic heterocycles. The molecular weight excluding hydrogens is 172 g/mol. The van der Waals surface area contributed by atoms with Crippen LogP contribution in [0.1, 0.15) is 32.6 Å². The number of hydrogen-bond donors (Lipinski definition) is 2. The molecule has 0 unspecified atom stereocenters. The van der Waals surface area contributed by atoms with Crippen molar-refractivity contribution in [2.45, 2.75) is 38.7 Å². The Kier molecular flexibility index (Phi) is 2.71. The lowest BCUT2D eigenvalue weighted by molar-refractivity contribution is -0.138. The minimum Gasteiger partial charge on any atom is -0.481 e. The lowest BCUT2D eigenvalue weighted by Gasteiger charge is -2.25. The summed E-state index contributed by atoms with van der Waals surface area (Å²) in [6.07, 6.45) is 0.354. The molecule has 0 bridgehead atoms. The molecule has 0 amide bonds. The molecule has 0 spiro atoms. The van der Waals surface area contributed by atoms with E-state index in [-0.39, 0.29) is 18.6 Å². The molecule has 0 aliphatic heterocycles. The fourth-order valence-electron chi connectivity index (χ4n) is 1.73. The van der Waals surface area contributed by atoms with Crippen LogP contribution < -0.4 is 0 Å². The third-order valence-corrected chi connectivity index (χ3v) is 2.88. The monoisotopic (exact) mass is 186 g/mol. The normalized spacial score (nSPS) is 33.7. The van der Waals surface area contributed by atoms with E-state index in [1.165, 1.54) is 0 Å². The zero-order chi connectivity index (χ0) is 10.1. The van der Waals surface area contributed by atoms with Crippen LogP contribution in [-0.4, -0.2) is 28.1 Å². The quantitative estimate of drug-likeness (QED) is 0.676. The summed E-state index contributed by atoms with van der Waals surface area (Å²) in [5.41, 5.74) is -0.821. The molecule has 0 heterocycles. The summed E-state index contributed by atoms with van der Waals surface area (Å²) in [4.78, 5) is 21.7. The third-order valence-electron chi connectivity index (χ3n) is 2.88. The Morgan fingerprint density at radius 1 is 1.69 bits per heavy atom. The number of aliphatic carboxylic acids is 1. The van der Waals surface area contributed by atoms with Gasteiger partial charge in [-0.2, -0.15) is 0 Å². The Morgan fingerprint density at radius 3 is 2.69 bits per heavy atom. The Hall–Kier alpha value is -0.900. The van der Waals surface area contributed by atoms with Crippen LogP contribution in [0.25, 0.3) is 0 Å². The van der Waals surface area contributed by atoms with Crippen molar-refractivity contribution in [3.63, 3.8) is 0 Å². The number of aliphatic hydroxyl groups is 1. The molecule has 4 heteroatoms. The van der Waals surface area contributed by atoms with Gasteiger partial charge >= 0.3 is 5.97 Å². The highest BCUT2D eigenvalue weighted by Gasteiger charge is 2.44. The highest BCUT2D eigenvalue weighted by Crippen LogP contribution is 2.38. The van der Waals surface area contributed by atoms with Gasteiger partial charge in [0.2, 0.25) is 0 Å². The van der Waals surface area contributed by atoms with Gasteiger partial charge in [-0.15, -0.1) is 0 Å². The number of carbonyl (C=O) groups excluding carboxylic acids is 1. The fraction of sp³-hybridized carbons (Fsp3) is 0.778. The number of carboxylic acids is 1. The van der Waals surface area contributed by atoms with Crippen LogP contribution in [0, 0.1) is 5.41 Å². The molecule has 4 nitrogen and oxygen atoms in total. The lowest BCUT2D eigenvalue weighted by Crippen LogP contribution is -2.33. The highest BCUT2D eigenvalue weighted by atomic mass is 16.4. The SMILES string of the molecule is C[C@@]1(CCC(=O)O)C(=O)CC[C@H]1O. The lowest BCUT2D eigenvalue weighted by atomic mass is 9.81. The summed E-state index contributed by atoms with van der Waals surface area (Å²) in [7, 11) is 0. The summed E-state index contributed by atoms with van der Waals surface area (Å²) < 4.78 is 0. The minimum atomic E-state index is -0.923. The summed E-state index contributed by atoms with van der Waals surface area (Å²) in [6.45, 7) is 1.65. The summed E-state index contributed by atoms with van der Waals surface area (Å²) >= 11 is 0. The van der Waals surface area contributed by atoms with Crippen molar-refractivity contribution in [1.29, 1.82) is 0 Å². The van der Waals surface area contributed by atoms with Gasteiger partial charge in [0.25, 0.3) is 0 Å². The molecule has 2 atom stereocenters. The summed E-state index contributed by atoms with van der Waals surface area (Å²) in [6, 6.07) is 0. The van der Waals surface area contributed by atoms with Crippen LogP contribution in [0.2, 0.25) is 0 Å². The fourth-order valence-corrected chi connectivity index (χ4v) is 1.73. The maximum atomic E-state index is 11.4. The van der Waals surface area contributed by atoms with Gasteiger partial charge < -0.3 is 10.2 Å². The van der Waals surface area contributed by atoms with E-state index in [1.807, 2.05) is 0 Å². The number of rotatable bonds is 3. The van der Waals surface area contributed by atoms with E-state index in [4.69, 9.17) is 5.11 Å². The van der Waals surface area contributed by atoms with Crippen molar-refractivity contribution in [2.24, 2.45) is 5.41 Å². The Morgan fingerprint density at radius 2 is 2.31 bits per heavy atom. The van der Waals surface area contributed by atoms with Crippen LogP contribution in [0.15, 0.2) is 0 Å². The van der Waals surface area contributed by atoms with Gasteiger partial charge in [-0.25, -0.2) is 0 Å². The standard InChI is InChI=1S/C9H14O4/c1-9(5-4-8(12)13)6(10)2-3-7(9)11/h6,10H,2-5H2,1H3,(H,12,13)/t6-,9+/m1/s1. The summed E-state index contributed by atoms with van der Waals surface area (Å²) in [5.74, 6) is -0.936. The Labute approximate surface area is 76.6 Å². The number of hydrogen-bond acceptors (Lipinski definition) is 3. The molecule has 1 saturated carbocycles. The number of carbonyl (C=O) groups is 2. The molecule has 0 radical (unpaired) electrons. The Balaban J connectivity index is 2.62. The van der Waals surface area contributed by atoms with E-state index >= 15 is 0 Å². The van der Waals surface area contributed by atoms with Crippen LogP contribution in [0.5, 0.6) is 0 Å². The first-order valence-corrected chi connectivity index (χ1v) is 4.40. The van der Waals surface area contributed by atoms with Crippen LogP contribution in [-0.2, 0) is 9.59 Å². The average Bonchev–Trinajstić information content (AvgIpc) is 2.31. The van der Waals surface area contributed by atoms with E-state index < -0.39 is 17.5 Å². The topological polar surface area (TPSA) is 74.6 Å². The van der Waals surface area contributed by atoms with Crippen molar-refractivity contribution >= 4 is 11.8 Å². The van der Waals surface area contributed by atoms with Crippen molar-refractivity contribution < 1.29 is 19.8 Å². The van der Waals surface area contributed by atoms with E-state index in [2.05, 4.69) is 0 Å². The molecular formula is C9H14O4. The Bertz CT molecular complexity index is 236. The van der Waals surface area contributed by atoms with Gasteiger partial charge in [0, 0.05) is 12.8 Å². The molecule has 13 heavy (non-hydrogen) atoms. The smallest absolute Gasteiger partial charge is 0.303 e. The van der Waals surface area contributed by atoms with Crippen molar-refractivity contribution in [1.82, 2.24) is 0 Å². The zero-order valence-electron chi connectivity index (χ0n) is 7.62. The van der Waals surface area contributed by atoms with Crippen LogP contribution in [0.4, 0.5) is 0 Å². The summed E-state index contributed by atoms with van der Waals surface area (Å²) in [5, 5.41) is 18.0. The zero-order valence-corrected chi connectivity index (χ0v) is 7.62. The first-order valence-electron chi connectivity index (χ1n) is 4.40. The molecule has 0 saturated heterocycles. The maximum Gasteiger partial charge on any atom is 0.303 e. The second-order valence-electron chi connectivity index (χ2n) is 3.79. The predicted octanol–water partition coefficient (Wildman–Crippen LogP) is 0.581. The molecule has 0 aromatic rings. The number of ketones is 1. The number of carboxylic acid groups (broad SMARTS) is 1. The van der Waals surface area contributed by atoms with Crippen molar-refractivity contribution in [2.75, 3.05) is 0 Å². The molecule has 74 valence electrons. The van der Waals surface area contributed by atoms with Crippen molar-refractivity contribution in [3.8, 4) is 0 Å². The first kappa shape index (κ1) is 10.2. The minimum absolute atomic E-state index is 0.0127. The average molecular weight is 186 g/mol.